The predicted molar refractivity (Wildman–Crippen MR) is 80.3 cm³/mol. The Morgan fingerprint density at radius 3 is 2.58 bits per heavy atom. The third-order valence-corrected chi connectivity index (χ3v) is 3.25. The van der Waals surface area contributed by atoms with Crippen LogP contribution in [0.15, 0.2) is 42.6 Å². The van der Waals surface area contributed by atoms with Crippen molar-refractivity contribution < 1.29 is 0 Å². The lowest BCUT2D eigenvalue weighted by molar-refractivity contribution is 0.677. The molecule has 0 fully saturated rings. The highest BCUT2D eigenvalue weighted by Crippen LogP contribution is 2.21. The minimum absolute atomic E-state index is 0.798. The molecular formula is C16H21N3. The van der Waals surface area contributed by atoms with Crippen LogP contribution >= 0.6 is 0 Å². The van der Waals surface area contributed by atoms with Crippen LogP contribution in [0, 0.1) is 6.92 Å². The van der Waals surface area contributed by atoms with Gasteiger partial charge in [-0.3, -0.25) is 4.98 Å². The number of nitrogens with one attached hydrogen (secondary N) is 1. The molecule has 0 aliphatic rings. The van der Waals surface area contributed by atoms with E-state index in [0.29, 0.717) is 0 Å². The maximum absolute atomic E-state index is 4.31. The van der Waals surface area contributed by atoms with Gasteiger partial charge in [0.1, 0.15) is 0 Å². The van der Waals surface area contributed by atoms with Gasteiger partial charge in [-0.25, -0.2) is 0 Å². The Kier molecular flexibility index (Phi) is 4.53. The smallest absolute Gasteiger partial charge is 0.0541 e. The summed E-state index contributed by atoms with van der Waals surface area (Å²) >= 11 is 0. The first-order valence-corrected chi connectivity index (χ1v) is 6.55. The molecule has 0 atom stereocenters. The van der Waals surface area contributed by atoms with Gasteiger partial charge in [-0.15, -0.1) is 0 Å². The van der Waals surface area contributed by atoms with Crippen LogP contribution in [0.5, 0.6) is 0 Å². The first kappa shape index (κ1) is 13.6. The molecule has 100 valence electrons. The topological polar surface area (TPSA) is 28.2 Å². The molecule has 19 heavy (non-hydrogen) atoms. The Morgan fingerprint density at radius 1 is 1.05 bits per heavy atom. The van der Waals surface area contributed by atoms with Crippen molar-refractivity contribution in [2.24, 2.45) is 0 Å². The van der Waals surface area contributed by atoms with Crippen molar-refractivity contribution in [2.45, 2.75) is 20.0 Å². The van der Waals surface area contributed by atoms with Gasteiger partial charge in [-0.1, -0.05) is 18.2 Å². The number of aromatic nitrogens is 1. The molecule has 2 aromatic rings. The third-order valence-electron chi connectivity index (χ3n) is 3.25. The van der Waals surface area contributed by atoms with Crippen LogP contribution in [0.2, 0.25) is 0 Å². The van der Waals surface area contributed by atoms with Gasteiger partial charge in [-0.05, 0) is 36.2 Å². The highest BCUT2D eigenvalue weighted by Gasteiger charge is 2.05. The molecule has 3 nitrogen and oxygen atoms in total. The minimum Gasteiger partial charge on any atom is -0.377 e. The zero-order valence-electron chi connectivity index (χ0n) is 11.9. The maximum atomic E-state index is 4.31. The van der Waals surface area contributed by atoms with Gasteiger partial charge in [0.15, 0.2) is 0 Å². The number of rotatable bonds is 5. The van der Waals surface area contributed by atoms with Crippen molar-refractivity contribution in [1.82, 2.24) is 10.3 Å². The van der Waals surface area contributed by atoms with Crippen LogP contribution in [-0.4, -0.2) is 19.1 Å². The van der Waals surface area contributed by atoms with Crippen LogP contribution in [0.4, 0.5) is 5.69 Å². The third kappa shape index (κ3) is 3.55. The summed E-state index contributed by atoms with van der Waals surface area (Å²) in [5.74, 6) is 0. The molecule has 0 amide bonds. The Labute approximate surface area is 115 Å². The molecule has 1 aromatic carbocycles. The summed E-state index contributed by atoms with van der Waals surface area (Å²) < 4.78 is 0. The van der Waals surface area contributed by atoms with Crippen LogP contribution in [-0.2, 0) is 13.1 Å². The Bertz CT molecular complexity index is 521. The van der Waals surface area contributed by atoms with Crippen molar-refractivity contribution in [2.75, 3.05) is 19.0 Å². The molecule has 0 spiro atoms. The molecule has 0 unspecified atom stereocenters. The zero-order chi connectivity index (χ0) is 13.7. The summed E-state index contributed by atoms with van der Waals surface area (Å²) in [5.41, 5.74) is 5.02. The fraction of sp³-hybridized carbons (Fsp3) is 0.312. The zero-order valence-corrected chi connectivity index (χ0v) is 11.9. The van der Waals surface area contributed by atoms with E-state index >= 15 is 0 Å². The van der Waals surface area contributed by atoms with Crippen molar-refractivity contribution in [3.05, 3.63) is 59.4 Å². The van der Waals surface area contributed by atoms with E-state index in [9.17, 15) is 0 Å². The van der Waals surface area contributed by atoms with E-state index in [1.54, 1.807) is 0 Å². The highest BCUT2D eigenvalue weighted by atomic mass is 15.1. The molecular weight excluding hydrogens is 234 g/mol. The number of nitrogens with zero attached hydrogens (tertiary/aromatic N) is 2. The van der Waals surface area contributed by atoms with E-state index in [1.807, 2.05) is 24.4 Å². The summed E-state index contributed by atoms with van der Waals surface area (Å²) in [5, 5.41) is 3.44. The largest absolute Gasteiger partial charge is 0.377 e. The molecule has 2 rings (SSSR count). The molecule has 0 saturated heterocycles. The average Bonchev–Trinajstić information content (AvgIpc) is 2.41. The quantitative estimate of drug-likeness (QED) is 0.890. The number of benzene rings is 1. The van der Waals surface area contributed by atoms with Gasteiger partial charge in [0.05, 0.1) is 5.69 Å². The van der Waals surface area contributed by atoms with Crippen LogP contribution < -0.4 is 10.2 Å². The SMILES string of the molecule is Cc1c(CNCc2ccccn2)cccc1N(C)C. The van der Waals surface area contributed by atoms with Gasteiger partial charge in [0.25, 0.3) is 0 Å². The Morgan fingerprint density at radius 2 is 1.89 bits per heavy atom. The number of hydrogen-bond acceptors (Lipinski definition) is 3. The van der Waals surface area contributed by atoms with Gasteiger partial charge in [0, 0.05) is 39.1 Å². The molecule has 1 aromatic heterocycles. The van der Waals surface area contributed by atoms with Gasteiger partial charge in [0.2, 0.25) is 0 Å². The summed E-state index contributed by atoms with van der Waals surface area (Å²) in [6.45, 7) is 3.84. The minimum atomic E-state index is 0.798. The number of anilines is 1. The Hall–Kier alpha value is -1.87. The number of pyridine rings is 1. The lowest BCUT2D eigenvalue weighted by atomic mass is 10.1. The average molecular weight is 255 g/mol. The normalized spacial score (nSPS) is 10.5. The summed E-state index contributed by atoms with van der Waals surface area (Å²) in [6, 6.07) is 12.4. The van der Waals surface area contributed by atoms with E-state index in [1.165, 1.54) is 16.8 Å². The van der Waals surface area contributed by atoms with Crippen molar-refractivity contribution in [3.63, 3.8) is 0 Å². The Balaban J connectivity index is 1.98. The molecule has 0 bridgehead atoms. The molecule has 0 saturated carbocycles. The maximum Gasteiger partial charge on any atom is 0.0541 e. The van der Waals surface area contributed by atoms with E-state index in [4.69, 9.17) is 0 Å². The second-order valence-electron chi connectivity index (χ2n) is 4.88. The van der Waals surface area contributed by atoms with Crippen LogP contribution in [0.25, 0.3) is 0 Å². The van der Waals surface area contributed by atoms with Crippen molar-refractivity contribution in [1.29, 1.82) is 0 Å². The summed E-state index contributed by atoms with van der Waals surface area (Å²) in [7, 11) is 4.15. The van der Waals surface area contributed by atoms with E-state index in [-0.39, 0.29) is 0 Å². The van der Waals surface area contributed by atoms with E-state index in [0.717, 1.165) is 18.8 Å². The van der Waals surface area contributed by atoms with Gasteiger partial charge >= 0.3 is 0 Å². The van der Waals surface area contributed by atoms with Gasteiger partial charge in [-0.2, -0.15) is 0 Å². The van der Waals surface area contributed by atoms with Crippen LogP contribution in [0.3, 0.4) is 0 Å². The molecule has 0 radical (unpaired) electrons. The molecule has 0 aliphatic heterocycles. The monoisotopic (exact) mass is 255 g/mol. The standard InChI is InChI=1S/C16H21N3/c1-13-14(7-6-9-16(13)19(2)3)11-17-12-15-8-4-5-10-18-15/h4-10,17H,11-12H2,1-3H3. The molecule has 0 aliphatic carbocycles. The second-order valence-corrected chi connectivity index (χ2v) is 4.88. The van der Waals surface area contributed by atoms with E-state index in [2.05, 4.69) is 54.4 Å². The fourth-order valence-corrected chi connectivity index (χ4v) is 2.17. The van der Waals surface area contributed by atoms with Crippen molar-refractivity contribution >= 4 is 5.69 Å². The van der Waals surface area contributed by atoms with Crippen molar-refractivity contribution in [3.8, 4) is 0 Å². The lowest BCUT2D eigenvalue weighted by Crippen LogP contribution is -2.16. The second kappa shape index (κ2) is 6.34. The number of hydrogen-bond donors (Lipinski definition) is 1. The molecule has 1 heterocycles. The van der Waals surface area contributed by atoms with E-state index < -0.39 is 0 Å². The predicted octanol–water partition coefficient (Wildman–Crippen LogP) is 2.75. The fourth-order valence-electron chi connectivity index (χ4n) is 2.17. The van der Waals surface area contributed by atoms with Crippen LogP contribution in [0.1, 0.15) is 16.8 Å². The molecule has 1 N–H and O–H groups in total. The summed E-state index contributed by atoms with van der Waals surface area (Å²) in [4.78, 5) is 6.46. The molecule has 3 heteroatoms. The first-order chi connectivity index (χ1) is 9.18. The highest BCUT2D eigenvalue weighted by molar-refractivity contribution is 5.55. The van der Waals surface area contributed by atoms with Gasteiger partial charge < -0.3 is 10.2 Å². The lowest BCUT2D eigenvalue weighted by Gasteiger charge is -2.18. The first-order valence-electron chi connectivity index (χ1n) is 6.55. The summed E-state index contributed by atoms with van der Waals surface area (Å²) in [6.07, 6.45) is 1.83.